The lowest BCUT2D eigenvalue weighted by Gasteiger charge is -2.07. The summed E-state index contributed by atoms with van der Waals surface area (Å²) < 4.78 is 15.3. The van der Waals surface area contributed by atoms with Crippen molar-refractivity contribution in [2.75, 3.05) is 6.54 Å². The van der Waals surface area contributed by atoms with E-state index >= 15 is 0 Å². The first-order valence-electron chi connectivity index (χ1n) is 6.12. The van der Waals surface area contributed by atoms with E-state index < -0.39 is 0 Å². The van der Waals surface area contributed by atoms with Crippen LogP contribution < -0.4 is 5.32 Å². The summed E-state index contributed by atoms with van der Waals surface area (Å²) in [6.45, 7) is 4.11. The molecule has 1 heterocycles. The van der Waals surface area contributed by atoms with Crippen LogP contribution in [0, 0.1) is 5.82 Å². The lowest BCUT2D eigenvalue weighted by molar-refractivity contribution is 0.555. The lowest BCUT2D eigenvalue weighted by atomic mass is 10.2. The molecular weight excluding hydrogens is 231 g/mol. The van der Waals surface area contributed by atoms with Crippen LogP contribution >= 0.6 is 0 Å². The van der Waals surface area contributed by atoms with E-state index in [0.29, 0.717) is 18.7 Å². The van der Waals surface area contributed by atoms with Crippen molar-refractivity contribution in [3.05, 3.63) is 47.8 Å². The van der Waals surface area contributed by atoms with Gasteiger partial charge in [-0.1, -0.05) is 25.1 Å². The van der Waals surface area contributed by atoms with Crippen LogP contribution in [0.25, 0.3) is 0 Å². The Labute approximate surface area is 106 Å². The molecule has 4 nitrogen and oxygen atoms in total. The molecule has 0 aliphatic heterocycles. The number of hydrogen-bond acceptors (Lipinski definition) is 3. The molecule has 0 saturated heterocycles. The van der Waals surface area contributed by atoms with Crippen LogP contribution in [0.2, 0.25) is 0 Å². The number of nitrogens with zero attached hydrogens (tertiary/aromatic N) is 3. The summed E-state index contributed by atoms with van der Waals surface area (Å²) in [4.78, 5) is 4.18. The fourth-order valence-electron chi connectivity index (χ4n) is 1.72. The second-order valence-electron chi connectivity index (χ2n) is 4.10. The minimum Gasteiger partial charge on any atom is -0.310 e. The average molecular weight is 248 g/mol. The SMILES string of the molecule is CCCNCc1ncnn1Cc1ccccc1F. The second kappa shape index (κ2) is 6.26. The highest BCUT2D eigenvalue weighted by atomic mass is 19.1. The Morgan fingerprint density at radius 2 is 2.17 bits per heavy atom. The molecule has 1 N–H and O–H groups in total. The third-order valence-corrected chi connectivity index (χ3v) is 2.68. The molecule has 2 rings (SSSR count). The molecule has 0 fully saturated rings. The van der Waals surface area contributed by atoms with Gasteiger partial charge in [-0.3, -0.25) is 0 Å². The summed E-state index contributed by atoms with van der Waals surface area (Å²) >= 11 is 0. The van der Waals surface area contributed by atoms with Crippen LogP contribution in [0.4, 0.5) is 4.39 Å². The van der Waals surface area contributed by atoms with Crippen LogP contribution in [-0.2, 0) is 13.1 Å². The van der Waals surface area contributed by atoms with Gasteiger partial charge in [0.05, 0.1) is 13.1 Å². The summed E-state index contributed by atoms with van der Waals surface area (Å²) in [5.74, 6) is 0.618. The van der Waals surface area contributed by atoms with Crippen molar-refractivity contribution in [3.8, 4) is 0 Å². The first kappa shape index (κ1) is 12.7. The molecule has 0 unspecified atom stereocenters. The molecule has 1 aromatic carbocycles. The summed E-state index contributed by atoms with van der Waals surface area (Å²) in [7, 11) is 0. The first-order valence-corrected chi connectivity index (χ1v) is 6.12. The third-order valence-electron chi connectivity index (χ3n) is 2.68. The zero-order valence-electron chi connectivity index (χ0n) is 10.4. The number of halogens is 1. The Hall–Kier alpha value is -1.75. The van der Waals surface area contributed by atoms with Gasteiger partial charge in [-0.2, -0.15) is 5.10 Å². The normalized spacial score (nSPS) is 10.8. The first-order chi connectivity index (χ1) is 8.81. The Bertz CT molecular complexity index is 495. The largest absolute Gasteiger partial charge is 0.310 e. The van der Waals surface area contributed by atoms with Crippen LogP contribution in [0.3, 0.4) is 0 Å². The van der Waals surface area contributed by atoms with E-state index in [9.17, 15) is 4.39 Å². The molecule has 0 aliphatic carbocycles. The third kappa shape index (κ3) is 3.13. The van der Waals surface area contributed by atoms with Crippen LogP contribution in [0.1, 0.15) is 24.7 Å². The maximum absolute atomic E-state index is 13.5. The number of hydrogen-bond donors (Lipinski definition) is 1. The number of nitrogens with one attached hydrogen (secondary N) is 1. The van der Waals surface area contributed by atoms with E-state index in [-0.39, 0.29) is 5.82 Å². The Balaban J connectivity index is 2.05. The fraction of sp³-hybridized carbons (Fsp3) is 0.385. The highest BCUT2D eigenvalue weighted by Gasteiger charge is 2.07. The zero-order valence-corrected chi connectivity index (χ0v) is 10.4. The monoisotopic (exact) mass is 248 g/mol. The van der Waals surface area contributed by atoms with E-state index in [1.54, 1.807) is 16.8 Å². The minimum atomic E-state index is -0.208. The van der Waals surface area contributed by atoms with Crippen LogP contribution in [0.5, 0.6) is 0 Å². The molecule has 96 valence electrons. The van der Waals surface area contributed by atoms with Gasteiger partial charge in [-0.15, -0.1) is 0 Å². The number of aromatic nitrogens is 3. The molecule has 18 heavy (non-hydrogen) atoms. The van der Waals surface area contributed by atoms with Gasteiger partial charge < -0.3 is 5.32 Å². The van der Waals surface area contributed by atoms with Crippen LogP contribution in [-0.4, -0.2) is 21.3 Å². The quantitative estimate of drug-likeness (QED) is 0.795. The number of benzene rings is 1. The van der Waals surface area contributed by atoms with Crippen molar-refractivity contribution in [1.82, 2.24) is 20.1 Å². The molecule has 2 aromatic rings. The number of rotatable bonds is 6. The topological polar surface area (TPSA) is 42.7 Å². The Morgan fingerprint density at radius 3 is 2.94 bits per heavy atom. The maximum Gasteiger partial charge on any atom is 0.141 e. The second-order valence-corrected chi connectivity index (χ2v) is 4.10. The summed E-state index contributed by atoms with van der Waals surface area (Å²) in [5, 5.41) is 7.39. The standard InChI is InChI=1S/C13H17FN4/c1-2-7-15-8-13-16-10-17-18(13)9-11-5-3-4-6-12(11)14/h3-6,10,15H,2,7-9H2,1H3. The molecule has 0 spiro atoms. The molecule has 0 saturated carbocycles. The van der Waals surface area contributed by atoms with E-state index in [2.05, 4.69) is 22.3 Å². The van der Waals surface area contributed by atoms with Crippen molar-refractivity contribution in [1.29, 1.82) is 0 Å². The zero-order chi connectivity index (χ0) is 12.8. The summed E-state index contributed by atoms with van der Waals surface area (Å²) in [5.41, 5.74) is 0.625. The van der Waals surface area contributed by atoms with Gasteiger partial charge in [0.25, 0.3) is 0 Å². The van der Waals surface area contributed by atoms with Crippen molar-refractivity contribution in [2.24, 2.45) is 0 Å². The van der Waals surface area contributed by atoms with Crippen molar-refractivity contribution >= 4 is 0 Å². The van der Waals surface area contributed by atoms with E-state index in [4.69, 9.17) is 0 Å². The fourth-order valence-corrected chi connectivity index (χ4v) is 1.72. The lowest BCUT2D eigenvalue weighted by Crippen LogP contribution is -2.18. The molecule has 5 heteroatoms. The molecule has 0 atom stereocenters. The van der Waals surface area contributed by atoms with E-state index in [0.717, 1.165) is 18.8 Å². The average Bonchev–Trinajstić information content (AvgIpc) is 2.80. The minimum absolute atomic E-state index is 0.208. The van der Waals surface area contributed by atoms with E-state index in [1.807, 2.05) is 6.07 Å². The van der Waals surface area contributed by atoms with Gasteiger partial charge >= 0.3 is 0 Å². The van der Waals surface area contributed by atoms with Crippen LogP contribution in [0.15, 0.2) is 30.6 Å². The van der Waals surface area contributed by atoms with Crippen molar-refractivity contribution < 1.29 is 4.39 Å². The molecular formula is C13H17FN4. The molecule has 1 aromatic heterocycles. The highest BCUT2D eigenvalue weighted by molar-refractivity contribution is 5.17. The van der Waals surface area contributed by atoms with Crippen molar-refractivity contribution in [2.45, 2.75) is 26.4 Å². The predicted molar refractivity (Wildman–Crippen MR) is 67.5 cm³/mol. The molecule has 0 radical (unpaired) electrons. The van der Waals surface area contributed by atoms with Gasteiger partial charge in [0.2, 0.25) is 0 Å². The smallest absolute Gasteiger partial charge is 0.141 e. The predicted octanol–water partition coefficient (Wildman–Crippen LogP) is 1.97. The highest BCUT2D eigenvalue weighted by Crippen LogP contribution is 2.08. The van der Waals surface area contributed by atoms with Gasteiger partial charge in [0, 0.05) is 5.56 Å². The summed E-state index contributed by atoms with van der Waals surface area (Å²) in [6, 6.07) is 6.73. The maximum atomic E-state index is 13.5. The Kier molecular flexibility index (Phi) is 4.41. The van der Waals surface area contributed by atoms with E-state index in [1.165, 1.54) is 12.4 Å². The molecule has 0 aliphatic rings. The van der Waals surface area contributed by atoms with Gasteiger partial charge in [-0.25, -0.2) is 14.1 Å². The molecule has 0 bridgehead atoms. The molecule has 0 amide bonds. The summed E-state index contributed by atoms with van der Waals surface area (Å²) in [6.07, 6.45) is 2.57. The Morgan fingerprint density at radius 1 is 1.33 bits per heavy atom. The van der Waals surface area contributed by atoms with Gasteiger partial charge in [-0.05, 0) is 19.0 Å². The van der Waals surface area contributed by atoms with Gasteiger partial charge in [0.1, 0.15) is 18.0 Å². The van der Waals surface area contributed by atoms with Gasteiger partial charge in [0.15, 0.2) is 0 Å². The van der Waals surface area contributed by atoms with Crippen molar-refractivity contribution in [3.63, 3.8) is 0 Å².